The second-order valence-electron chi connectivity index (χ2n) is 5.89. The van der Waals surface area contributed by atoms with Crippen LogP contribution in [0.3, 0.4) is 0 Å². The number of methoxy groups -OCH3 is 1. The third kappa shape index (κ3) is 4.62. The van der Waals surface area contributed by atoms with Gasteiger partial charge in [-0.15, -0.1) is 0 Å². The van der Waals surface area contributed by atoms with Crippen LogP contribution in [0.1, 0.15) is 31.1 Å². The van der Waals surface area contributed by atoms with Crippen LogP contribution < -0.4 is 10.6 Å². The standard InChI is InChI=1S/C21H16FN3O4/c1-29-21(28)15-6-2-4-8-17(15)24-19(26)13-10-14(12-23-11-13)20(27)25-18-9-5-3-7-16(18)22/h2-12H,1H3,(H,24,26)(H,25,27). The quantitative estimate of drug-likeness (QED) is 0.647. The minimum absolute atomic E-state index is 0.0133. The number of rotatable bonds is 5. The van der Waals surface area contributed by atoms with Gasteiger partial charge in [0, 0.05) is 12.4 Å². The van der Waals surface area contributed by atoms with Crippen LogP contribution in [-0.4, -0.2) is 29.9 Å². The lowest BCUT2D eigenvalue weighted by atomic mass is 10.1. The molecule has 3 aromatic rings. The molecule has 0 aliphatic heterocycles. The van der Waals surface area contributed by atoms with Crippen LogP contribution in [0.2, 0.25) is 0 Å². The fourth-order valence-corrected chi connectivity index (χ4v) is 2.52. The van der Waals surface area contributed by atoms with E-state index < -0.39 is 23.6 Å². The van der Waals surface area contributed by atoms with Crippen LogP contribution in [0, 0.1) is 5.82 Å². The smallest absolute Gasteiger partial charge is 0.339 e. The summed E-state index contributed by atoms with van der Waals surface area (Å²) in [4.78, 5) is 40.7. The molecule has 0 spiro atoms. The van der Waals surface area contributed by atoms with E-state index in [1.165, 1.54) is 49.8 Å². The second kappa shape index (κ2) is 8.75. The van der Waals surface area contributed by atoms with E-state index in [-0.39, 0.29) is 28.1 Å². The van der Waals surface area contributed by atoms with Gasteiger partial charge in [0.1, 0.15) is 5.82 Å². The summed E-state index contributed by atoms with van der Waals surface area (Å²) in [5.74, 6) is -2.37. The molecule has 2 aromatic carbocycles. The molecule has 0 aliphatic carbocycles. The van der Waals surface area contributed by atoms with Crippen molar-refractivity contribution in [2.45, 2.75) is 0 Å². The highest BCUT2D eigenvalue weighted by Gasteiger charge is 2.16. The number of carbonyl (C=O) groups is 3. The van der Waals surface area contributed by atoms with Crippen molar-refractivity contribution < 1.29 is 23.5 Å². The summed E-state index contributed by atoms with van der Waals surface area (Å²) in [6.07, 6.45) is 2.53. The van der Waals surface area contributed by atoms with Crippen LogP contribution in [0.5, 0.6) is 0 Å². The number of esters is 1. The lowest BCUT2D eigenvalue weighted by Gasteiger charge is -2.10. The Bertz CT molecular complexity index is 1080. The van der Waals surface area contributed by atoms with Gasteiger partial charge in [0.2, 0.25) is 0 Å². The fraction of sp³-hybridized carbons (Fsp3) is 0.0476. The first-order chi connectivity index (χ1) is 14.0. The monoisotopic (exact) mass is 393 g/mol. The predicted octanol–water partition coefficient (Wildman–Crippen LogP) is 3.51. The number of pyridine rings is 1. The van der Waals surface area contributed by atoms with Crippen molar-refractivity contribution in [2.75, 3.05) is 17.7 Å². The number of hydrogen-bond donors (Lipinski definition) is 2. The maximum atomic E-state index is 13.7. The van der Waals surface area contributed by atoms with Gasteiger partial charge in [-0.05, 0) is 30.3 Å². The zero-order chi connectivity index (χ0) is 20.8. The van der Waals surface area contributed by atoms with E-state index in [0.717, 1.165) is 0 Å². The highest BCUT2D eigenvalue weighted by atomic mass is 19.1. The first-order valence-corrected chi connectivity index (χ1v) is 8.49. The van der Waals surface area contributed by atoms with Crippen molar-refractivity contribution >= 4 is 29.2 Å². The maximum Gasteiger partial charge on any atom is 0.339 e. The van der Waals surface area contributed by atoms with E-state index >= 15 is 0 Å². The van der Waals surface area contributed by atoms with Crippen molar-refractivity contribution in [2.24, 2.45) is 0 Å². The molecule has 3 rings (SSSR count). The van der Waals surface area contributed by atoms with Crippen molar-refractivity contribution in [3.05, 3.63) is 89.5 Å². The molecule has 0 radical (unpaired) electrons. The zero-order valence-corrected chi connectivity index (χ0v) is 15.3. The molecular weight excluding hydrogens is 377 g/mol. The number of aromatic nitrogens is 1. The average Bonchev–Trinajstić information content (AvgIpc) is 2.75. The number of ether oxygens (including phenoxy) is 1. The SMILES string of the molecule is COC(=O)c1ccccc1NC(=O)c1cncc(C(=O)Nc2ccccc2F)c1. The van der Waals surface area contributed by atoms with Crippen LogP contribution in [0.4, 0.5) is 15.8 Å². The molecule has 29 heavy (non-hydrogen) atoms. The zero-order valence-electron chi connectivity index (χ0n) is 15.3. The van der Waals surface area contributed by atoms with Crippen LogP contribution >= 0.6 is 0 Å². The lowest BCUT2D eigenvalue weighted by molar-refractivity contribution is 0.0601. The Kier molecular flexibility index (Phi) is 5.94. The van der Waals surface area contributed by atoms with Gasteiger partial charge in [-0.2, -0.15) is 0 Å². The van der Waals surface area contributed by atoms with E-state index in [1.807, 2.05) is 0 Å². The Labute approximate surface area is 165 Å². The summed E-state index contributed by atoms with van der Waals surface area (Å²) in [5, 5.41) is 5.02. The lowest BCUT2D eigenvalue weighted by Crippen LogP contribution is -2.18. The van der Waals surface area contributed by atoms with E-state index in [9.17, 15) is 18.8 Å². The first-order valence-electron chi connectivity index (χ1n) is 8.49. The largest absolute Gasteiger partial charge is 0.465 e. The number of carbonyl (C=O) groups excluding carboxylic acids is 3. The van der Waals surface area contributed by atoms with Gasteiger partial charge in [0.05, 0.1) is 35.2 Å². The molecule has 146 valence electrons. The molecule has 7 nitrogen and oxygen atoms in total. The van der Waals surface area contributed by atoms with Crippen LogP contribution in [0.15, 0.2) is 67.0 Å². The van der Waals surface area contributed by atoms with E-state index in [1.54, 1.807) is 24.3 Å². The third-order valence-electron chi connectivity index (χ3n) is 3.97. The number of para-hydroxylation sites is 2. The molecule has 2 amide bonds. The molecule has 0 unspecified atom stereocenters. The second-order valence-corrected chi connectivity index (χ2v) is 5.89. The van der Waals surface area contributed by atoms with Crippen molar-refractivity contribution in [1.29, 1.82) is 0 Å². The number of benzene rings is 2. The molecule has 0 fully saturated rings. The molecule has 1 aromatic heterocycles. The van der Waals surface area contributed by atoms with E-state index in [4.69, 9.17) is 4.74 Å². The van der Waals surface area contributed by atoms with Crippen molar-refractivity contribution in [3.8, 4) is 0 Å². The number of hydrogen-bond acceptors (Lipinski definition) is 5. The molecular formula is C21H16FN3O4. The summed E-state index contributed by atoms with van der Waals surface area (Å²) in [5.41, 5.74) is 0.614. The molecule has 0 saturated heterocycles. The highest BCUT2D eigenvalue weighted by molar-refractivity contribution is 6.10. The normalized spacial score (nSPS) is 10.1. The van der Waals surface area contributed by atoms with Gasteiger partial charge in [-0.3, -0.25) is 14.6 Å². The van der Waals surface area contributed by atoms with E-state index in [2.05, 4.69) is 15.6 Å². The van der Waals surface area contributed by atoms with Crippen LogP contribution in [0.25, 0.3) is 0 Å². The maximum absolute atomic E-state index is 13.7. The number of nitrogens with zero attached hydrogens (tertiary/aromatic N) is 1. The van der Waals surface area contributed by atoms with Gasteiger partial charge in [0.15, 0.2) is 0 Å². The van der Waals surface area contributed by atoms with E-state index in [0.29, 0.717) is 0 Å². The number of anilines is 2. The molecule has 8 heteroatoms. The Morgan fingerprint density at radius 2 is 1.41 bits per heavy atom. The third-order valence-corrected chi connectivity index (χ3v) is 3.97. The average molecular weight is 393 g/mol. The minimum Gasteiger partial charge on any atom is -0.465 e. The first kappa shape index (κ1) is 19.7. The Balaban J connectivity index is 1.79. The molecule has 2 N–H and O–H groups in total. The molecule has 0 bridgehead atoms. The van der Waals surface area contributed by atoms with Crippen LogP contribution in [-0.2, 0) is 4.74 Å². The van der Waals surface area contributed by atoms with Crippen molar-refractivity contribution in [1.82, 2.24) is 4.98 Å². The van der Waals surface area contributed by atoms with Gasteiger partial charge >= 0.3 is 5.97 Å². The molecule has 0 aliphatic rings. The number of amides is 2. The Hall–Kier alpha value is -4.07. The Morgan fingerprint density at radius 1 is 0.862 bits per heavy atom. The number of halogens is 1. The number of nitrogens with one attached hydrogen (secondary N) is 2. The Morgan fingerprint density at radius 3 is 2.03 bits per heavy atom. The minimum atomic E-state index is -0.618. The van der Waals surface area contributed by atoms with Crippen molar-refractivity contribution in [3.63, 3.8) is 0 Å². The topological polar surface area (TPSA) is 97.4 Å². The van der Waals surface area contributed by atoms with Gasteiger partial charge in [-0.1, -0.05) is 24.3 Å². The predicted molar refractivity (Wildman–Crippen MR) is 104 cm³/mol. The van der Waals surface area contributed by atoms with Gasteiger partial charge < -0.3 is 15.4 Å². The van der Waals surface area contributed by atoms with Gasteiger partial charge in [-0.25, -0.2) is 9.18 Å². The molecule has 0 saturated carbocycles. The van der Waals surface area contributed by atoms with Gasteiger partial charge in [0.25, 0.3) is 11.8 Å². The summed E-state index contributed by atoms with van der Waals surface area (Å²) >= 11 is 0. The fourth-order valence-electron chi connectivity index (χ4n) is 2.52. The summed E-state index contributed by atoms with van der Waals surface area (Å²) in [7, 11) is 1.24. The molecule has 1 heterocycles. The summed E-state index contributed by atoms with van der Waals surface area (Å²) < 4.78 is 18.4. The molecule has 0 atom stereocenters. The highest BCUT2D eigenvalue weighted by Crippen LogP contribution is 2.18. The summed E-state index contributed by atoms with van der Waals surface area (Å²) in [6.45, 7) is 0. The summed E-state index contributed by atoms with van der Waals surface area (Å²) in [6, 6.07) is 13.4.